The smallest absolute Gasteiger partial charge is 0.171 e. The Bertz CT molecular complexity index is 734. The molecule has 0 aliphatic heterocycles. The summed E-state index contributed by atoms with van der Waals surface area (Å²) in [5.41, 5.74) is 2.01. The maximum atomic E-state index is 5.50. The first kappa shape index (κ1) is 14.2. The van der Waals surface area contributed by atoms with Crippen LogP contribution < -0.4 is 9.47 Å². The second-order valence-electron chi connectivity index (χ2n) is 4.81. The van der Waals surface area contributed by atoms with Crippen molar-refractivity contribution in [1.29, 1.82) is 0 Å². The van der Waals surface area contributed by atoms with E-state index in [2.05, 4.69) is 19.5 Å². The van der Waals surface area contributed by atoms with Gasteiger partial charge in [0, 0.05) is 37.3 Å². The molecule has 0 saturated carbocycles. The molecule has 0 aliphatic rings. The molecule has 6 nitrogen and oxygen atoms in total. The molecule has 0 unspecified atom stereocenters. The molecule has 0 saturated heterocycles. The third kappa shape index (κ3) is 2.67. The van der Waals surface area contributed by atoms with E-state index < -0.39 is 0 Å². The van der Waals surface area contributed by atoms with Gasteiger partial charge in [0.2, 0.25) is 0 Å². The van der Waals surface area contributed by atoms with E-state index in [1.807, 2.05) is 30.6 Å². The fourth-order valence-electron chi connectivity index (χ4n) is 2.46. The number of aromatic amines is 1. The summed E-state index contributed by atoms with van der Waals surface area (Å²) in [7, 11) is 3.27. The number of methoxy groups -OCH3 is 2. The lowest BCUT2D eigenvalue weighted by molar-refractivity contribution is 0.356. The Morgan fingerprint density at radius 3 is 2.86 bits per heavy atom. The molecule has 0 atom stereocenters. The normalized spacial score (nSPS) is 10.6. The van der Waals surface area contributed by atoms with Gasteiger partial charge >= 0.3 is 0 Å². The van der Waals surface area contributed by atoms with Crippen molar-refractivity contribution in [3.63, 3.8) is 0 Å². The third-order valence-corrected chi connectivity index (χ3v) is 3.54. The van der Waals surface area contributed by atoms with Gasteiger partial charge < -0.3 is 19.0 Å². The van der Waals surface area contributed by atoms with Crippen LogP contribution in [0.1, 0.15) is 5.69 Å². The van der Waals surface area contributed by atoms with E-state index in [1.165, 1.54) is 0 Å². The molecule has 22 heavy (non-hydrogen) atoms. The molecule has 3 aromatic rings. The predicted molar refractivity (Wildman–Crippen MR) is 83.1 cm³/mol. The number of nitrogens with one attached hydrogen (secondary N) is 1. The van der Waals surface area contributed by atoms with Crippen molar-refractivity contribution in [2.24, 2.45) is 0 Å². The minimum absolute atomic E-state index is 0.694. The highest BCUT2D eigenvalue weighted by molar-refractivity contribution is 5.69. The van der Waals surface area contributed by atoms with Gasteiger partial charge in [0.15, 0.2) is 11.5 Å². The molecule has 1 N–H and O–H groups in total. The maximum absolute atomic E-state index is 5.50. The zero-order chi connectivity index (χ0) is 15.4. The number of para-hydroxylation sites is 1. The number of nitrogens with zero attached hydrogens (tertiary/aromatic N) is 3. The summed E-state index contributed by atoms with van der Waals surface area (Å²) in [5, 5.41) is 0. The first-order valence-electron chi connectivity index (χ1n) is 7.03. The number of imidazole rings is 2. The van der Waals surface area contributed by atoms with Crippen molar-refractivity contribution in [2.75, 3.05) is 14.2 Å². The Balaban J connectivity index is 1.91. The van der Waals surface area contributed by atoms with Gasteiger partial charge in [-0.3, -0.25) is 0 Å². The lowest BCUT2D eigenvalue weighted by Gasteiger charge is -2.13. The quantitative estimate of drug-likeness (QED) is 0.759. The summed E-state index contributed by atoms with van der Waals surface area (Å²) in [6.07, 6.45) is 8.14. The Labute approximate surface area is 128 Å². The average Bonchev–Trinajstić information content (AvgIpc) is 3.23. The van der Waals surface area contributed by atoms with Gasteiger partial charge in [0.25, 0.3) is 0 Å². The van der Waals surface area contributed by atoms with Crippen molar-refractivity contribution in [2.45, 2.75) is 13.0 Å². The van der Waals surface area contributed by atoms with Crippen molar-refractivity contribution < 1.29 is 9.47 Å². The van der Waals surface area contributed by atoms with Gasteiger partial charge in [0.05, 0.1) is 26.1 Å². The van der Waals surface area contributed by atoms with Crippen molar-refractivity contribution in [3.05, 3.63) is 48.8 Å². The number of hydrogen-bond donors (Lipinski definition) is 1. The van der Waals surface area contributed by atoms with Crippen LogP contribution in [0.3, 0.4) is 0 Å². The first-order valence-corrected chi connectivity index (χ1v) is 7.03. The molecule has 0 aliphatic carbocycles. The van der Waals surface area contributed by atoms with E-state index in [-0.39, 0.29) is 0 Å². The molecule has 0 fully saturated rings. The standard InChI is InChI=1S/C16H18N4O2/c1-21-14-5-3-4-13(15(14)22-2)16-18-7-9-20(16)8-6-12-10-17-11-19-12/h3-5,7,9-11H,6,8H2,1-2H3,(H,17,19). The van der Waals surface area contributed by atoms with Gasteiger partial charge in [-0.15, -0.1) is 0 Å². The molecule has 0 radical (unpaired) electrons. The predicted octanol–water partition coefficient (Wildman–Crippen LogP) is 2.53. The number of aromatic nitrogens is 4. The second kappa shape index (κ2) is 6.34. The SMILES string of the molecule is COc1cccc(-c2nccn2CCc2cnc[nH]2)c1OC. The zero-order valence-corrected chi connectivity index (χ0v) is 12.6. The van der Waals surface area contributed by atoms with Crippen LogP contribution in [0.25, 0.3) is 11.4 Å². The summed E-state index contributed by atoms with van der Waals surface area (Å²) in [4.78, 5) is 11.6. The van der Waals surface area contributed by atoms with E-state index in [0.717, 1.165) is 30.0 Å². The van der Waals surface area contributed by atoms with Gasteiger partial charge in [-0.1, -0.05) is 6.07 Å². The fraction of sp³-hybridized carbons (Fsp3) is 0.250. The Kier molecular flexibility index (Phi) is 4.09. The molecule has 0 spiro atoms. The Hall–Kier alpha value is -2.76. The number of rotatable bonds is 6. The summed E-state index contributed by atoms with van der Waals surface area (Å²) >= 11 is 0. The summed E-state index contributed by atoms with van der Waals surface area (Å²) in [6.45, 7) is 0.803. The van der Waals surface area contributed by atoms with Crippen LogP contribution in [-0.4, -0.2) is 33.7 Å². The number of hydrogen-bond acceptors (Lipinski definition) is 4. The highest BCUT2D eigenvalue weighted by Gasteiger charge is 2.15. The fourth-order valence-corrected chi connectivity index (χ4v) is 2.46. The van der Waals surface area contributed by atoms with E-state index in [9.17, 15) is 0 Å². The van der Waals surface area contributed by atoms with Crippen molar-refractivity contribution in [3.8, 4) is 22.9 Å². The molecule has 6 heteroatoms. The van der Waals surface area contributed by atoms with Gasteiger partial charge in [-0.2, -0.15) is 0 Å². The molecule has 3 rings (SSSR count). The molecular weight excluding hydrogens is 280 g/mol. The van der Waals surface area contributed by atoms with Gasteiger partial charge in [0.1, 0.15) is 5.82 Å². The summed E-state index contributed by atoms with van der Waals surface area (Å²) < 4.78 is 13.0. The minimum atomic E-state index is 0.694. The third-order valence-electron chi connectivity index (χ3n) is 3.54. The number of benzene rings is 1. The second-order valence-corrected chi connectivity index (χ2v) is 4.81. The van der Waals surface area contributed by atoms with Gasteiger partial charge in [-0.05, 0) is 12.1 Å². The summed E-state index contributed by atoms with van der Waals surface area (Å²) in [6, 6.07) is 5.79. The molecule has 2 heterocycles. The zero-order valence-electron chi connectivity index (χ0n) is 12.6. The van der Waals surface area contributed by atoms with Crippen LogP contribution >= 0.6 is 0 Å². The lowest BCUT2D eigenvalue weighted by Crippen LogP contribution is -2.04. The molecule has 2 aromatic heterocycles. The minimum Gasteiger partial charge on any atom is -0.493 e. The topological polar surface area (TPSA) is 65.0 Å². The molecule has 0 amide bonds. The van der Waals surface area contributed by atoms with Crippen LogP contribution in [0.2, 0.25) is 0 Å². The molecule has 114 valence electrons. The van der Waals surface area contributed by atoms with E-state index in [4.69, 9.17) is 9.47 Å². The molecule has 1 aromatic carbocycles. The van der Waals surface area contributed by atoms with E-state index >= 15 is 0 Å². The van der Waals surface area contributed by atoms with Crippen LogP contribution in [0.15, 0.2) is 43.1 Å². The maximum Gasteiger partial charge on any atom is 0.171 e. The van der Waals surface area contributed by atoms with E-state index in [0.29, 0.717) is 11.5 Å². The Morgan fingerprint density at radius 1 is 1.23 bits per heavy atom. The van der Waals surface area contributed by atoms with Crippen molar-refractivity contribution in [1.82, 2.24) is 19.5 Å². The van der Waals surface area contributed by atoms with Crippen LogP contribution in [-0.2, 0) is 13.0 Å². The van der Waals surface area contributed by atoms with Crippen LogP contribution in [0, 0.1) is 0 Å². The van der Waals surface area contributed by atoms with Crippen molar-refractivity contribution >= 4 is 0 Å². The Morgan fingerprint density at radius 2 is 2.14 bits per heavy atom. The highest BCUT2D eigenvalue weighted by Crippen LogP contribution is 2.36. The number of aryl methyl sites for hydroxylation is 2. The van der Waals surface area contributed by atoms with Crippen LogP contribution in [0.4, 0.5) is 0 Å². The number of H-pyrrole nitrogens is 1. The number of ether oxygens (including phenoxy) is 2. The summed E-state index contributed by atoms with van der Waals surface area (Å²) in [5.74, 6) is 2.25. The molecular formula is C16H18N4O2. The van der Waals surface area contributed by atoms with Crippen LogP contribution in [0.5, 0.6) is 11.5 Å². The first-order chi connectivity index (χ1) is 10.8. The monoisotopic (exact) mass is 298 g/mol. The highest BCUT2D eigenvalue weighted by atomic mass is 16.5. The van der Waals surface area contributed by atoms with E-state index in [1.54, 1.807) is 26.7 Å². The molecule has 0 bridgehead atoms. The van der Waals surface area contributed by atoms with Gasteiger partial charge in [-0.25, -0.2) is 9.97 Å². The lowest BCUT2D eigenvalue weighted by atomic mass is 10.1. The average molecular weight is 298 g/mol. The largest absolute Gasteiger partial charge is 0.493 e.